The monoisotopic (exact) mass is 222 g/mol. The normalized spacial score (nSPS) is 12.4. The molecular weight excluding hydrogens is 204 g/mol. The first-order chi connectivity index (χ1) is 7.69. The Bertz CT molecular complexity index is 347. The smallest absolute Gasteiger partial charge is 0.333 e. The lowest BCUT2D eigenvalue weighted by atomic mass is 10.00. The number of carbonyl (C=O) groups is 1. The summed E-state index contributed by atoms with van der Waals surface area (Å²) >= 11 is 0. The summed E-state index contributed by atoms with van der Waals surface area (Å²) in [5, 5.41) is 9.00. The molecule has 1 N–H and O–H groups in total. The highest BCUT2D eigenvalue weighted by Crippen LogP contribution is 2.13. The molecule has 0 saturated heterocycles. The SMILES string of the molecule is CCO[C@@H](Cc1ccccc1CC)C(=O)O. The molecule has 0 unspecified atom stereocenters. The molecule has 1 aromatic rings. The van der Waals surface area contributed by atoms with Crippen LogP contribution < -0.4 is 0 Å². The van der Waals surface area contributed by atoms with Crippen molar-refractivity contribution in [3.05, 3.63) is 35.4 Å². The molecule has 1 aromatic carbocycles. The van der Waals surface area contributed by atoms with Crippen molar-refractivity contribution in [2.24, 2.45) is 0 Å². The van der Waals surface area contributed by atoms with E-state index in [0.717, 1.165) is 12.0 Å². The predicted octanol–water partition coefficient (Wildman–Crippen LogP) is 2.28. The highest BCUT2D eigenvalue weighted by molar-refractivity contribution is 5.72. The van der Waals surface area contributed by atoms with Crippen LogP contribution in [0.3, 0.4) is 0 Å². The first-order valence-corrected chi connectivity index (χ1v) is 5.60. The zero-order valence-corrected chi connectivity index (χ0v) is 9.77. The molecule has 0 radical (unpaired) electrons. The predicted molar refractivity (Wildman–Crippen MR) is 62.6 cm³/mol. The third-order valence-corrected chi connectivity index (χ3v) is 2.55. The third-order valence-electron chi connectivity index (χ3n) is 2.55. The van der Waals surface area contributed by atoms with Crippen molar-refractivity contribution in [1.29, 1.82) is 0 Å². The summed E-state index contributed by atoms with van der Waals surface area (Å²) in [4.78, 5) is 11.0. The quantitative estimate of drug-likeness (QED) is 0.803. The topological polar surface area (TPSA) is 46.5 Å². The van der Waals surface area contributed by atoms with Crippen molar-refractivity contribution < 1.29 is 14.6 Å². The summed E-state index contributed by atoms with van der Waals surface area (Å²) < 4.78 is 5.21. The Balaban J connectivity index is 2.80. The number of rotatable bonds is 6. The van der Waals surface area contributed by atoms with Gasteiger partial charge < -0.3 is 9.84 Å². The lowest BCUT2D eigenvalue weighted by molar-refractivity contribution is -0.149. The van der Waals surface area contributed by atoms with Crippen molar-refractivity contribution in [3.8, 4) is 0 Å². The minimum absolute atomic E-state index is 0.422. The molecular formula is C13H18O3. The van der Waals surface area contributed by atoms with Gasteiger partial charge in [0.15, 0.2) is 6.10 Å². The van der Waals surface area contributed by atoms with Gasteiger partial charge in [0.2, 0.25) is 0 Å². The Morgan fingerprint density at radius 3 is 2.44 bits per heavy atom. The number of carboxylic acid groups (broad SMARTS) is 1. The van der Waals surface area contributed by atoms with Crippen LogP contribution in [-0.4, -0.2) is 23.8 Å². The van der Waals surface area contributed by atoms with E-state index in [4.69, 9.17) is 9.84 Å². The Kier molecular flexibility index (Phi) is 4.99. The van der Waals surface area contributed by atoms with Gasteiger partial charge in [-0.15, -0.1) is 0 Å². The molecule has 16 heavy (non-hydrogen) atoms. The first kappa shape index (κ1) is 12.7. The van der Waals surface area contributed by atoms with Gasteiger partial charge in [-0.2, -0.15) is 0 Å². The van der Waals surface area contributed by atoms with E-state index in [9.17, 15) is 4.79 Å². The summed E-state index contributed by atoms with van der Waals surface area (Å²) in [6, 6.07) is 7.89. The van der Waals surface area contributed by atoms with E-state index in [2.05, 4.69) is 6.92 Å². The van der Waals surface area contributed by atoms with Crippen LogP contribution in [0.4, 0.5) is 0 Å². The van der Waals surface area contributed by atoms with Gasteiger partial charge in [0.1, 0.15) is 0 Å². The molecule has 3 nitrogen and oxygen atoms in total. The van der Waals surface area contributed by atoms with Gasteiger partial charge in [-0.1, -0.05) is 31.2 Å². The minimum Gasteiger partial charge on any atom is -0.479 e. The summed E-state index contributed by atoms with van der Waals surface area (Å²) in [5.74, 6) is -0.896. The molecule has 88 valence electrons. The van der Waals surface area contributed by atoms with Gasteiger partial charge in [0.25, 0.3) is 0 Å². The van der Waals surface area contributed by atoms with E-state index in [1.165, 1.54) is 5.56 Å². The number of aryl methyl sites for hydroxylation is 1. The molecule has 0 aliphatic heterocycles. The zero-order chi connectivity index (χ0) is 12.0. The lowest BCUT2D eigenvalue weighted by Gasteiger charge is -2.14. The second-order valence-electron chi connectivity index (χ2n) is 3.61. The maximum atomic E-state index is 11.0. The second-order valence-corrected chi connectivity index (χ2v) is 3.61. The number of aliphatic carboxylic acids is 1. The highest BCUT2D eigenvalue weighted by Gasteiger charge is 2.18. The van der Waals surface area contributed by atoms with Gasteiger partial charge >= 0.3 is 5.97 Å². The number of benzene rings is 1. The molecule has 0 aliphatic carbocycles. The molecule has 0 bridgehead atoms. The average Bonchev–Trinajstić information content (AvgIpc) is 2.29. The molecule has 0 fully saturated rings. The van der Waals surface area contributed by atoms with Crippen molar-refractivity contribution in [2.45, 2.75) is 32.8 Å². The Hall–Kier alpha value is -1.35. The Morgan fingerprint density at radius 1 is 1.31 bits per heavy atom. The molecule has 1 atom stereocenters. The van der Waals surface area contributed by atoms with Crippen LogP contribution in [-0.2, 0) is 22.4 Å². The van der Waals surface area contributed by atoms with E-state index in [1.54, 1.807) is 0 Å². The number of carboxylic acids is 1. The van der Waals surface area contributed by atoms with Crippen LogP contribution in [0.5, 0.6) is 0 Å². The highest BCUT2D eigenvalue weighted by atomic mass is 16.5. The summed E-state index contributed by atoms with van der Waals surface area (Å²) in [5.41, 5.74) is 2.25. The molecule has 0 heterocycles. The zero-order valence-electron chi connectivity index (χ0n) is 9.77. The first-order valence-electron chi connectivity index (χ1n) is 5.60. The van der Waals surface area contributed by atoms with E-state index >= 15 is 0 Å². The standard InChI is InChI=1S/C13H18O3/c1-3-10-7-5-6-8-11(10)9-12(13(14)15)16-4-2/h5-8,12H,3-4,9H2,1-2H3,(H,14,15)/t12-/m0/s1. The summed E-state index contributed by atoms with van der Waals surface area (Å²) in [6.45, 7) is 4.29. The molecule has 0 saturated carbocycles. The van der Waals surface area contributed by atoms with Gasteiger partial charge in [-0.25, -0.2) is 4.79 Å². The molecule has 0 aromatic heterocycles. The third kappa shape index (κ3) is 3.35. The van der Waals surface area contributed by atoms with E-state index in [1.807, 2.05) is 31.2 Å². The van der Waals surface area contributed by atoms with Crippen LogP contribution >= 0.6 is 0 Å². The molecule has 3 heteroatoms. The lowest BCUT2D eigenvalue weighted by Crippen LogP contribution is -2.26. The maximum Gasteiger partial charge on any atom is 0.333 e. The fourth-order valence-electron chi connectivity index (χ4n) is 1.72. The van der Waals surface area contributed by atoms with Gasteiger partial charge in [0, 0.05) is 13.0 Å². The number of hydrogen-bond acceptors (Lipinski definition) is 2. The Labute approximate surface area is 96.1 Å². The summed E-state index contributed by atoms with van der Waals surface area (Å²) in [7, 11) is 0. The summed E-state index contributed by atoms with van der Waals surface area (Å²) in [6.07, 6.45) is 0.611. The Morgan fingerprint density at radius 2 is 1.94 bits per heavy atom. The van der Waals surface area contributed by atoms with Crippen molar-refractivity contribution in [1.82, 2.24) is 0 Å². The van der Waals surface area contributed by atoms with Crippen LogP contribution in [0.25, 0.3) is 0 Å². The van der Waals surface area contributed by atoms with Gasteiger partial charge in [-0.3, -0.25) is 0 Å². The largest absolute Gasteiger partial charge is 0.479 e. The van der Waals surface area contributed by atoms with E-state index < -0.39 is 12.1 Å². The average molecular weight is 222 g/mol. The molecule has 0 aliphatic rings. The van der Waals surface area contributed by atoms with Crippen molar-refractivity contribution >= 4 is 5.97 Å². The molecule has 1 rings (SSSR count). The van der Waals surface area contributed by atoms with Crippen LogP contribution in [0, 0.1) is 0 Å². The van der Waals surface area contributed by atoms with E-state index in [-0.39, 0.29) is 0 Å². The number of hydrogen-bond donors (Lipinski definition) is 1. The van der Waals surface area contributed by atoms with Crippen LogP contribution in [0.1, 0.15) is 25.0 Å². The molecule has 0 spiro atoms. The van der Waals surface area contributed by atoms with Crippen molar-refractivity contribution in [2.75, 3.05) is 6.61 Å². The van der Waals surface area contributed by atoms with E-state index in [0.29, 0.717) is 13.0 Å². The fourth-order valence-corrected chi connectivity index (χ4v) is 1.72. The van der Waals surface area contributed by atoms with Crippen molar-refractivity contribution in [3.63, 3.8) is 0 Å². The maximum absolute atomic E-state index is 11.0. The van der Waals surface area contributed by atoms with Gasteiger partial charge in [-0.05, 0) is 24.5 Å². The second kappa shape index (κ2) is 6.28. The van der Waals surface area contributed by atoms with Crippen LogP contribution in [0.2, 0.25) is 0 Å². The fraction of sp³-hybridized carbons (Fsp3) is 0.462. The van der Waals surface area contributed by atoms with Gasteiger partial charge in [0.05, 0.1) is 0 Å². The van der Waals surface area contributed by atoms with Crippen LogP contribution in [0.15, 0.2) is 24.3 Å². The molecule has 0 amide bonds. The number of ether oxygens (including phenoxy) is 1. The minimum atomic E-state index is -0.896.